The maximum Gasteiger partial charge on any atom is 0.327 e. The van der Waals surface area contributed by atoms with Crippen molar-refractivity contribution in [1.29, 1.82) is 0 Å². The van der Waals surface area contributed by atoms with Gasteiger partial charge in [-0.25, -0.2) is 4.79 Å². The van der Waals surface area contributed by atoms with Gasteiger partial charge in [-0.05, 0) is 5.75 Å². The van der Waals surface area contributed by atoms with Crippen LogP contribution < -0.4 is 5.32 Å². The Morgan fingerprint density at radius 1 is 1.50 bits per heavy atom. The van der Waals surface area contributed by atoms with E-state index >= 15 is 0 Å². The average molecular weight is 267 g/mol. The topological polar surface area (TPSA) is 83.5 Å². The van der Waals surface area contributed by atoms with Gasteiger partial charge >= 0.3 is 5.97 Å². The number of carbonyl (C=O) groups is 2. The fourth-order valence-corrected chi connectivity index (χ4v) is 3.25. The zero-order valence-corrected chi connectivity index (χ0v) is 11.0. The number of hydrogen-bond donors (Lipinski definition) is 2. The maximum absolute atomic E-state index is 11.5. The highest BCUT2D eigenvalue weighted by atomic mass is 32.2. The lowest BCUT2D eigenvalue weighted by atomic mass is 10.3. The monoisotopic (exact) mass is 267 g/mol. The first kappa shape index (κ1) is 15.4. The molecule has 0 aromatic heterocycles. The molecule has 5 nitrogen and oxygen atoms in total. The number of thioether (sulfide) groups is 1. The number of carboxylic acids is 1. The van der Waals surface area contributed by atoms with Crippen LogP contribution in [0.4, 0.5) is 0 Å². The summed E-state index contributed by atoms with van der Waals surface area (Å²) in [5, 5.41) is 11.1. The van der Waals surface area contributed by atoms with Crippen molar-refractivity contribution >= 4 is 34.4 Å². The molecular formula is C9H17NO4S2. The zero-order chi connectivity index (χ0) is 12.6. The van der Waals surface area contributed by atoms with Crippen LogP contribution >= 0.6 is 11.8 Å². The smallest absolute Gasteiger partial charge is 0.327 e. The lowest BCUT2D eigenvalue weighted by Crippen LogP contribution is -2.43. The van der Waals surface area contributed by atoms with Crippen molar-refractivity contribution < 1.29 is 18.9 Å². The lowest BCUT2D eigenvalue weighted by molar-refractivity contribution is -0.140. The molecule has 0 aromatic carbocycles. The van der Waals surface area contributed by atoms with Gasteiger partial charge in [0.15, 0.2) is 0 Å². The summed E-state index contributed by atoms with van der Waals surface area (Å²) in [6, 6.07) is -1.05. The van der Waals surface area contributed by atoms with Gasteiger partial charge in [0.1, 0.15) is 6.04 Å². The number of rotatable bonds is 8. The summed E-state index contributed by atoms with van der Waals surface area (Å²) < 4.78 is 11.5. The largest absolute Gasteiger partial charge is 0.480 e. The second kappa shape index (κ2) is 8.58. The molecule has 0 radical (unpaired) electrons. The van der Waals surface area contributed by atoms with E-state index in [2.05, 4.69) is 5.32 Å². The molecule has 0 heterocycles. The molecule has 0 aliphatic rings. The minimum absolute atomic E-state index is 0.0286. The zero-order valence-electron chi connectivity index (χ0n) is 9.39. The molecule has 0 spiro atoms. The molecule has 0 aliphatic heterocycles. The number of aliphatic carboxylic acids is 1. The van der Waals surface area contributed by atoms with Crippen LogP contribution in [0.3, 0.4) is 0 Å². The van der Waals surface area contributed by atoms with Crippen molar-refractivity contribution in [2.24, 2.45) is 0 Å². The molecular weight excluding hydrogens is 250 g/mol. The summed E-state index contributed by atoms with van der Waals surface area (Å²) in [5.74, 6) is 0.556. The lowest BCUT2D eigenvalue weighted by Gasteiger charge is -2.12. The maximum atomic E-state index is 11.5. The highest BCUT2D eigenvalue weighted by Gasteiger charge is 2.20. The van der Waals surface area contributed by atoms with E-state index in [9.17, 15) is 13.8 Å². The minimum Gasteiger partial charge on any atom is -0.480 e. The summed E-state index contributed by atoms with van der Waals surface area (Å²) in [6.45, 7) is 3.25. The van der Waals surface area contributed by atoms with E-state index in [0.29, 0.717) is 5.75 Å². The van der Waals surface area contributed by atoms with Crippen LogP contribution in [-0.2, 0) is 20.4 Å². The van der Waals surface area contributed by atoms with E-state index in [1.54, 1.807) is 11.8 Å². The van der Waals surface area contributed by atoms with Crippen molar-refractivity contribution in [2.45, 2.75) is 19.9 Å². The Morgan fingerprint density at radius 3 is 2.56 bits per heavy atom. The Kier molecular flexibility index (Phi) is 8.28. The van der Waals surface area contributed by atoms with Crippen LogP contribution in [0.5, 0.6) is 0 Å². The van der Waals surface area contributed by atoms with Crippen molar-refractivity contribution in [3.8, 4) is 0 Å². The third-order valence-corrected chi connectivity index (χ3v) is 4.21. The van der Waals surface area contributed by atoms with E-state index in [-0.39, 0.29) is 5.75 Å². The number of amides is 1. The fraction of sp³-hybridized carbons (Fsp3) is 0.778. The highest BCUT2D eigenvalue weighted by molar-refractivity contribution is 8.00. The van der Waals surface area contributed by atoms with Gasteiger partial charge in [0.25, 0.3) is 0 Å². The predicted octanol–water partition coefficient (Wildman–Crippen LogP) is 0.0775. The van der Waals surface area contributed by atoms with E-state index in [1.165, 1.54) is 6.92 Å². The quantitative estimate of drug-likeness (QED) is 0.608. The van der Waals surface area contributed by atoms with Gasteiger partial charge in [-0.3, -0.25) is 9.00 Å². The second-order valence-electron chi connectivity index (χ2n) is 3.10. The first-order chi connectivity index (χ1) is 7.47. The molecule has 94 valence electrons. The van der Waals surface area contributed by atoms with Crippen molar-refractivity contribution in [2.75, 3.05) is 23.0 Å². The van der Waals surface area contributed by atoms with Gasteiger partial charge in [-0.2, -0.15) is 11.8 Å². The highest BCUT2D eigenvalue weighted by Crippen LogP contribution is 2.00. The third-order valence-electron chi connectivity index (χ3n) is 1.69. The Hall–Kier alpha value is -0.560. The van der Waals surface area contributed by atoms with Crippen LogP contribution in [-0.4, -0.2) is 50.2 Å². The van der Waals surface area contributed by atoms with Gasteiger partial charge in [-0.1, -0.05) is 6.92 Å². The third kappa shape index (κ3) is 7.70. The summed E-state index contributed by atoms with van der Waals surface area (Å²) in [6.07, 6.45) is 0. The normalized spacial score (nSPS) is 14.1. The Balaban J connectivity index is 4.03. The molecule has 0 aliphatic carbocycles. The first-order valence-corrected chi connectivity index (χ1v) is 7.54. The van der Waals surface area contributed by atoms with Gasteiger partial charge < -0.3 is 10.4 Å². The van der Waals surface area contributed by atoms with Crippen LogP contribution in [0.25, 0.3) is 0 Å². The SMILES string of the molecule is CCSCCS(=O)C[C@H](NC(C)=O)C(=O)O. The molecule has 16 heavy (non-hydrogen) atoms. The van der Waals surface area contributed by atoms with Crippen LogP contribution in [0.1, 0.15) is 13.8 Å². The molecule has 0 saturated carbocycles. The van der Waals surface area contributed by atoms with E-state index in [1.807, 2.05) is 6.92 Å². The molecule has 2 N–H and O–H groups in total. The minimum atomic E-state index is -1.20. The summed E-state index contributed by atoms with van der Waals surface area (Å²) in [5.41, 5.74) is 0. The van der Waals surface area contributed by atoms with E-state index in [4.69, 9.17) is 5.11 Å². The summed E-state index contributed by atoms with van der Waals surface area (Å²) in [7, 11) is -1.20. The molecule has 2 atom stereocenters. The molecule has 0 aromatic rings. The van der Waals surface area contributed by atoms with Gasteiger partial charge in [0.05, 0.1) is 5.75 Å². The number of carboxylic acid groups (broad SMARTS) is 1. The van der Waals surface area contributed by atoms with Crippen LogP contribution in [0.2, 0.25) is 0 Å². The fourth-order valence-electron chi connectivity index (χ4n) is 0.985. The molecule has 0 bridgehead atoms. The standard InChI is InChI=1S/C9H17NO4S2/c1-3-15-4-5-16(14)6-8(9(12)13)10-7(2)11/h8H,3-6H2,1-2H3,(H,10,11)(H,12,13)/t8-,16?/m0/s1. The van der Waals surface area contributed by atoms with E-state index < -0.39 is 28.7 Å². The molecule has 1 unspecified atom stereocenters. The van der Waals surface area contributed by atoms with Gasteiger partial charge in [-0.15, -0.1) is 0 Å². The Bertz CT molecular complexity index is 270. The van der Waals surface area contributed by atoms with Gasteiger partial charge in [0.2, 0.25) is 5.91 Å². The second-order valence-corrected chi connectivity index (χ2v) is 6.11. The predicted molar refractivity (Wildman–Crippen MR) is 66.1 cm³/mol. The van der Waals surface area contributed by atoms with Crippen molar-refractivity contribution in [3.05, 3.63) is 0 Å². The molecule has 0 saturated heterocycles. The Morgan fingerprint density at radius 2 is 2.12 bits per heavy atom. The van der Waals surface area contributed by atoms with Crippen LogP contribution in [0, 0.1) is 0 Å². The molecule has 0 fully saturated rings. The van der Waals surface area contributed by atoms with Gasteiger partial charge in [0, 0.05) is 29.2 Å². The Labute approximate surface area is 102 Å². The number of hydrogen-bond acceptors (Lipinski definition) is 4. The van der Waals surface area contributed by atoms with Crippen LogP contribution in [0.15, 0.2) is 0 Å². The molecule has 1 amide bonds. The average Bonchev–Trinajstić information content (AvgIpc) is 2.16. The number of nitrogens with one attached hydrogen (secondary N) is 1. The van der Waals surface area contributed by atoms with Crippen molar-refractivity contribution in [1.82, 2.24) is 5.32 Å². The molecule has 7 heteroatoms. The molecule has 0 rings (SSSR count). The summed E-state index contributed by atoms with van der Waals surface area (Å²) in [4.78, 5) is 21.5. The van der Waals surface area contributed by atoms with E-state index in [0.717, 1.165) is 11.5 Å². The number of carbonyl (C=O) groups excluding carboxylic acids is 1. The summed E-state index contributed by atoms with van der Waals surface area (Å²) >= 11 is 1.66. The first-order valence-electron chi connectivity index (χ1n) is 4.90. The van der Waals surface area contributed by atoms with Crippen molar-refractivity contribution in [3.63, 3.8) is 0 Å².